The highest BCUT2D eigenvalue weighted by molar-refractivity contribution is 7.25. The summed E-state index contributed by atoms with van der Waals surface area (Å²) in [6.45, 7) is 0. The van der Waals surface area contributed by atoms with Crippen LogP contribution in [0, 0.1) is 0 Å². The van der Waals surface area contributed by atoms with Crippen LogP contribution in [0.1, 0.15) is 0 Å². The van der Waals surface area contributed by atoms with E-state index < -0.39 is 0 Å². The lowest BCUT2D eigenvalue weighted by Crippen LogP contribution is -1.89. The van der Waals surface area contributed by atoms with Crippen molar-refractivity contribution in [3.05, 3.63) is 97.1 Å². The Morgan fingerprint density at radius 3 is 1.89 bits per heavy atom. The van der Waals surface area contributed by atoms with E-state index in [2.05, 4.69) is 102 Å². The van der Waals surface area contributed by atoms with Crippen LogP contribution in [0.5, 0.6) is 0 Å². The maximum atomic E-state index is 3.58. The standard InChI is InChI=1S/C26H17NS/c1-2-6-18-13-21(10-9-17(18)5-1)27-22-11-12-25-24(16-22)23-14-19-7-3-4-8-20(19)15-26(23)28-25/h1-16,27H. The molecule has 6 rings (SSSR count). The first-order valence-corrected chi connectivity index (χ1v) is 10.3. The van der Waals surface area contributed by atoms with Gasteiger partial charge in [0.1, 0.15) is 0 Å². The van der Waals surface area contributed by atoms with E-state index in [-0.39, 0.29) is 0 Å². The number of hydrogen-bond donors (Lipinski definition) is 1. The van der Waals surface area contributed by atoms with Crippen LogP contribution in [0.3, 0.4) is 0 Å². The molecule has 0 saturated heterocycles. The second-order valence-electron chi connectivity index (χ2n) is 7.20. The Morgan fingerprint density at radius 1 is 0.464 bits per heavy atom. The SMILES string of the molecule is c1ccc2cc(Nc3ccc4sc5cc6ccccc6cc5c4c3)ccc2c1. The molecule has 0 fully saturated rings. The third-order valence-electron chi connectivity index (χ3n) is 5.38. The van der Waals surface area contributed by atoms with Gasteiger partial charge in [-0.2, -0.15) is 0 Å². The van der Waals surface area contributed by atoms with Crippen LogP contribution < -0.4 is 5.32 Å². The lowest BCUT2D eigenvalue weighted by atomic mass is 10.1. The van der Waals surface area contributed by atoms with Gasteiger partial charge in [-0.15, -0.1) is 11.3 Å². The molecule has 0 aliphatic heterocycles. The van der Waals surface area contributed by atoms with E-state index in [1.807, 2.05) is 11.3 Å². The molecule has 132 valence electrons. The van der Waals surface area contributed by atoms with Gasteiger partial charge in [0.2, 0.25) is 0 Å². The van der Waals surface area contributed by atoms with Gasteiger partial charge in [-0.1, -0.05) is 54.6 Å². The molecule has 6 aromatic rings. The van der Waals surface area contributed by atoms with Crippen LogP contribution in [0.2, 0.25) is 0 Å². The molecule has 0 saturated carbocycles. The summed E-state index contributed by atoms with van der Waals surface area (Å²) in [5, 5.41) is 11.3. The van der Waals surface area contributed by atoms with Crippen molar-refractivity contribution in [2.45, 2.75) is 0 Å². The zero-order valence-electron chi connectivity index (χ0n) is 15.1. The second-order valence-corrected chi connectivity index (χ2v) is 8.28. The maximum Gasteiger partial charge on any atom is 0.0391 e. The molecular formula is C26H17NS. The Balaban J connectivity index is 1.47. The van der Waals surface area contributed by atoms with Gasteiger partial charge in [0, 0.05) is 31.5 Å². The Bertz CT molecular complexity index is 1490. The predicted molar refractivity (Wildman–Crippen MR) is 124 cm³/mol. The lowest BCUT2D eigenvalue weighted by Gasteiger charge is -2.08. The summed E-state index contributed by atoms with van der Waals surface area (Å²) in [5.41, 5.74) is 2.23. The maximum absolute atomic E-state index is 3.58. The van der Waals surface area contributed by atoms with Gasteiger partial charge < -0.3 is 5.32 Å². The first kappa shape index (κ1) is 15.7. The molecule has 0 atom stereocenters. The summed E-state index contributed by atoms with van der Waals surface area (Å²) in [6, 6.07) is 34.9. The Labute approximate surface area is 166 Å². The minimum Gasteiger partial charge on any atom is -0.355 e. The molecule has 0 unspecified atom stereocenters. The van der Waals surface area contributed by atoms with Gasteiger partial charge in [-0.3, -0.25) is 0 Å². The number of nitrogens with one attached hydrogen (secondary N) is 1. The molecule has 0 bridgehead atoms. The van der Waals surface area contributed by atoms with Crippen molar-refractivity contribution < 1.29 is 0 Å². The van der Waals surface area contributed by atoms with Crippen LogP contribution in [0.25, 0.3) is 41.7 Å². The van der Waals surface area contributed by atoms with Crippen molar-refractivity contribution in [3.8, 4) is 0 Å². The average molecular weight is 375 g/mol. The van der Waals surface area contributed by atoms with E-state index >= 15 is 0 Å². The minimum absolute atomic E-state index is 1.11. The molecule has 1 N–H and O–H groups in total. The zero-order valence-corrected chi connectivity index (χ0v) is 16.0. The first-order chi connectivity index (χ1) is 13.8. The molecule has 0 aliphatic carbocycles. The molecule has 2 heteroatoms. The summed E-state index contributed by atoms with van der Waals surface area (Å²) < 4.78 is 2.67. The second kappa shape index (κ2) is 6.08. The van der Waals surface area contributed by atoms with Crippen LogP contribution >= 0.6 is 11.3 Å². The minimum atomic E-state index is 1.11. The fraction of sp³-hybridized carbons (Fsp3) is 0. The topological polar surface area (TPSA) is 12.0 Å². The van der Waals surface area contributed by atoms with Crippen LogP contribution in [-0.2, 0) is 0 Å². The van der Waals surface area contributed by atoms with Gasteiger partial charge in [0.25, 0.3) is 0 Å². The fourth-order valence-electron chi connectivity index (χ4n) is 3.97. The Hall–Kier alpha value is -3.36. The fourth-order valence-corrected chi connectivity index (χ4v) is 5.09. The third-order valence-corrected chi connectivity index (χ3v) is 6.51. The molecule has 0 radical (unpaired) electrons. The average Bonchev–Trinajstić information content (AvgIpc) is 3.09. The summed E-state index contributed by atoms with van der Waals surface area (Å²) in [6.07, 6.45) is 0. The quantitative estimate of drug-likeness (QED) is 0.322. The van der Waals surface area contributed by atoms with Gasteiger partial charge in [-0.05, 0) is 64.0 Å². The normalized spacial score (nSPS) is 11.6. The number of thiophene rings is 1. The molecular weight excluding hydrogens is 358 g/mol. The molecule has 28 heavy (non-hydrogen) atoms. The van der Waals surface area contributed by atoms with Gasteiger partial charge >= 0.3 is 0 Å². The number of benzene rings is 5. The highest BCUT2D eigenvalue weighted by Gasteiger charge is 2.08. The zero-order chi connectivity index (χ0) is 18.5. The van der Waals surface area contributed by atoms with E-state index in [1.54, 1.807) is 0 Å². The molecule has 5 aromatic carbocycles. The van der Waals surface area contributed by atoms with E-state index in [0.717, 1.165) is 11.4 Å². The lowest BCUT2D eigenvalue weighted by molar-refractivity contribution is 1.60. The first-order valence-electron chi connectivity index (χ1n) is 9.44. The van der Waals surface area contributed by atoms with Gasteiger partial charge in [0.15, 0.2) is 0 Å². The third kappa shape index (κ3) is 2.54. The highest BCUT2D eigenvalue weighted by Crippen LogP contribution is 2.38. The summed E-state index contributed by atoms with van der Waals surface area (Å²) >= 11 is 1.87. The predicted octanol–water partition coefficient (Wildman–Crippen LogP) is 8.10. The molecule has 0 aliphatic rings. The number of hydrogen-bond acceptors (Lipinski definition) is 2. The van der Waals surface area contributed by atoms with Crippen molar-refractivity contribution in [3.63, 3.8) is 0 Å². The van der Waals surface area contributed by atoms with Crippen molar-refractivity contribution >= 4 is 64.4 Å². The van der Waals surface area contributed by atoms with Crippen LogP contribution in [0.4, 0.5) is 11.4 Å². The monoisotopic (exact) mass is 375 g/mol. The van der Waals surface area contributed by atoms with E-state index in [0.29, 0.717) is 0 Å². The Morgan fingerprint density at radius 2 is 1.07 bits per heavy atom. The van der Waals surface area contributed by atoms with Crippen molar-refractivity contribution in [2.75, 3.05) is 5.32 Å². The van der Waals surface area contributed by atoms with E-state index in [9.17, 15) is 0 Å². The van der Waals surface area contributed by atoms with Crippen LogP contribution in [-0.4, -0.2) is 0 Å². The molecule has 1 heterocycles. The van der Waals surface area contributed by atoms with E-state index in [4.69, 9.17) is 0 Å². The van der Waals surface area contributed by atoms with Crippen molar-refractivity contribution in [1.29, 1.82) is 0 Å². The molecule has 0 spiro atoms. The summed E-state index contributed by atoms with van der Waals surface area (Å²) in [7, 11) is 0. The number of fused-ring (bicyclic) bond motifs is 5. The smallest absolute Gasteiger partial charge is 0.0391 e. The summed E-state index contributed by atoms with van der Waals surface area (Å²) in [4.78, 5) is 0. The summed E-state index contributed by atoms with van der Waals surface area (Å²) in [5.74, 6) is 0. The molecule has 1 aromatic heterocycles. The van der Waals surface area contributed by atoms with Gasteiger partial charge in [-0.25, -0.2) is 0 Å². The highest BCUT2D eigenvalue weighted by atomic mass is 32.1. The molecule has 0 amide bonds. The largest absolute Gasteiger partial charge is 0.355 e. The van der Waals surface area contributed by atoms with Crippen molar-refractivity contribution in [1.82, 2.24) is 0 Å². The number of rotatable bonds is 2. The van der Waals surface area contributed by atoms with Crippen molar-refractivity contribution in [2.24, 2.45) is 0 Å². The van der Waals surface area contributed by atoms with E-state index in [1.165, 1.54) is 41.7 Å². The van der Waals surface area contributed by atoms with Crippen LogP contribution in [0.15, 0.2) is 97.1 Å². The Kier molecular flexibility index (Phi) is 3.40. The van der Waals surface area contributed by atoms with Gasteiger partial charge in [0.05, 0.1) is 0 Å². The number of anilines is 2. The molecule has 1 nitrogen and oxygen atoms in total.